The van der Waals surface area contributed by atoms with Gasteiger partial charge in [-0.2, -0.15) is 11.8 Å². The predicted octanol–water partition coefficient (Wildman–Crippen LogP) is 0.608. The lowest BCUT2D eigenvalue weighted by molar-refractivity contribution is 0.0999. The molecule has 0 aliphatic carbocycles. The summed E-state index contributed by atoms with van der Waals surface area (Å²) < 4.78 is 5.27. The molecule has 13 heavy (non-hydrogen) atoms. The number of aliphatic hydroxyl groups excluding tert-OH is 1. The van der Waals surface area contributed by atoms with Gasteiger partial charge in [-0.15, -0.1) is 0 Å². The summed E-state index contributed by atoms with van der Waals surface area (Å²) in [5, 5.41) is 9.96. The molecular weight excluding hydrogens is 186 g/mol. The molecule has 0 aromatic carbocycles. The molecule has 1 atom stereocenters. The average molecular weight is 205 g/mol. The van der Waals surface area contributed by atoms with E-state index in [0.717, 1.165) is 43.5 Å². The van der Waals surface area contributed by atoms with Crippen molar-refractivity contribution in [3.8, 4) is 0 Å². The highest BCUT2D eigenvalue weighted by Gasteiger charge is 2.14. The normalized spacial score (nSPS) is 21.7. The fourth-order valence-electron chi connectivity index (χ4n) is 1.33. The molecule has 1 aliphatic heterocycles. The third-order valence-electron chi connectivity index (χ3n) is 2.25. The predicted molar refractivity (Wildman–Crippen MR) is 56.0 cm³/mol. The van der Waals surface area contributed by atoms with Gasteiger partial charge in [0, 0.05) is 25.0 Å². The number of nitrogens with two attached hydrogens (primary N) is 1. The zero-order valence-electron chi connectivity index (χ0n) is 7.95. The lowest BCUT2D eigenvalue weighted by Crippen LogP contribution is -2.22. The molecule has 4 heteroatoms. The van der Waals surface area contributed by atoms with Gasteiger partial charge in [0.2, 0.25) is 0 Å². The molecule has 1 aliphatic rings. The number of rotatable bonds is 5. The van der Waals surface area contributed by atoms with Gasteiger partial charge in [0.1, 0.15) is 0 Å². The second-order valence-electron chi connectivity index (χ2n) is 3.36. The number of hydrogen-bond acceptors (Lipinski definition) is 4. The first kappa shape index (κ1) is 11.3. The summed E-state index contributed by atoms with van der Waals surface area (Å²) in [7, 11) is 0. The molecule has 0 spiro atoms. The van der Waals surface area contributed by atoms with E-state index >= 15 is 0 Å². The first-order valence-corrected chi connectivity index (χ1v) is 5.95. The second-order valence-corrected chi connectivity index (χ2v) is 4.77. The van der Waals surface area contributed by atoms with E-state index in [1.807, 2.05) is 11.8 Å². The van der Waals surface area contributed by atoms with Crippen LogP contribution in [0.25, 0.3) is 0 Å². The summed E-state index contributed by atoms with van der Waals surface area (Å²) in [5.74, 6) is 1.02. The molecule has 0 radical (unpaired) electrons. The van der Waals surface area contributed by atoms with Crippen LogP contribution in [-0.4, -0.2) is 42.0 Å². The largest absolute Gasteiger partial charge is 0.392 e. The van der Waals surface area contributed by atoms with Crippen LogP contribution in [0.4, 0.5) is 0 Å². The van der Waals surface area contributed by atoms with Gasteiger partial charge in [0.05, 0.1) is 6.10 Å². The lowest BCUT2D eigenvalue weighted by atomic mass is 10.2. The van der Waals surface area contributed by atoms with Crippen LogP contribution in [0.5, 0.6) is 0 Å². The Morgan fingerprint density at radius 3 is 2.77 bits per heavy atom. The zero-order chi connectivity index (χ0) is 9.52. The minimum atomic E-state index is -0.313. The minimum absolute atomic E-state index is 0.313. The monoisotopic (exact) mass is 205 g/mol. The van der Waals surface area contributed by atoms with Crippen molar-refractivity contribution >= 4 is 11.8 Å². The van der Waals surface area contributed by atoms with E-state index in [4.69, 9.17) is 10.5 Å². The minimum Gasteiger partial charge on any atom is -0.392 e. The molecule has 3 nitrogen and oxygen atoms in total. The van der Waals surface area contributed by atoms with Gasteiger partial charge < -0.3 is 15.6 Å². The molecule has 1 unspecified atom stereocenters. The average Bonchev–Trinajstić information content (AvgIpc) is 2.19. The highest BCUT2D eigenvalue weighted by atomic mass is 32.2. The molecule has 1 fully saturated rings. The van der Waals surface area contributed by atoms with Crippen LogP contribution in [0.15, 0.2) is 0 Å². The van der Waals surface area contributed by atoms with E-state index in [1.165, 1.54) is 0 Å². The molecule has 1 saturated heterocycles. The fourth-order valence-corrected chi connectivity index (χ4v) is 2.60. The van der Waals surface area contributed by atoms with Crippen molar-refractivity contribution in [1.82, 2.24) is 0 Å². The van der Waals surface area contributed by atoms with Crippen LogP contribution in [0.2, 0.25) is 0 Å². The highest BCUT2D eigenvalue weighted by Crippen LogP contribution is 2.22. The number of thioether (sulfide) groups is 1. The lowest BCUT2D eigenvalue weighted by Gasteiger charge is -2.21. The molecule has 0 saturated carbocycles. The Kier molecular flexibility index (Phi) is 5.78. The van der Waals surface area contributed by atoms with Crippen LogP contribution in [-0.2, 0) is 4.74 Å². The SMILES string of the molecule is NCC(O)CCSC1CCOCC1. The Bertz CT molecular complexity index is 129. The van der Waals surface area contributed by atoms with Crippen LogP contribution < -0.4 is 5.73 Å². The first-order chi connectivity index (χ1) is 6.33. The van der Waals surface area contributed by atoms with E-state index in [9.17, 15) is 5.11 Å². The maximum Gasteiger partial charge on any atom is 0.0670 e. The summed E-state index contributed by atoms with van der Waals surface area (Å²) in [6.07, 6.45) is 2.82. The molecule has 0 amide bonds. The molecule has 0 bridgehead atoms. The Balaban J connectivity index is 1.98. The highest BCUT2D eigenvalue weighted by molar-refractivity contribution is 7.99. The van der Waals surface area contributed by atoms with Crippen molar-refractivity contribution in [3.05, 3.63) is 0 Å². The van der Waals surface area contributed by atoms with E-state index < -0.39 is 0 Å². The van der Waals surface area contributed by atoms with Gasteiger partial charge in [-0.1, -0.05) is 0 Å². The van der Waals surface area contributed by atoms with E-state index in [-0.39, 0.29) is 6.10 Å². The van der Waals surface area contributed by atoms with Crippen LogP contribution >= 0.6 is 11.8 Å². The van der Waals surface area contributed by atoms with Gasteiger partial charge >= 0.3 is 0 Å². The Morgan fingerprint density at radius 2 is 2.15 bits per heavy atom. The van der Waals surface area contributed by atoms with Gasteiger partial charge in [-0.25, -0.2) is 0 Å². The molecule has 3 N–H and O–H groups in total. The molecule has 1 heterocycles. The quantitative estimate of drug-likeness (QED) is 0.690. The number of aliphatic hydroxyl groups is 1. The summed E-state index contributed by atoms with van der Waals surface area (Å²) in [5.41, 5.74) is 5.31. The van der Waals surface area contributed by atoms with Crippen LogP contribution in [0.1, 0.15) is 19.3 Å². The first-order valence-electron chi connectivity index (χ1n) is 4.90. The van der Waals surface area contributed by atoms with Gasteiger partial charge in [-0.3, -0.25) is 0 Å². The molecular formula is C9H19NO2S. The molecule has 0 aromatic heterocycles. The Morgan fingerprint density at radius 1 is 1.46 bits per heavy atom. The van der Waals surface area contributed by atoms with E-state index in [2.05, 4.69) is 0 Å². The van der Waals surface area contributed by atoms with Crippen molar-refractivity contribution in [2.45, 2.75) is 30.6 Å². The summed E-state index contributed by atoms with van der Waals surface area (Å²) in [4.78, 5) is 0. The van der Waals surface area contributed by atoms with Crippen LogP contribution in [0, 0.1) is 0 Å². The molecule has 78 valence electrons. The summed E-state index contributed by atoms with van der Waals surface area (Å²) in [6, 6.07) is 0. The second kappa shape index (κ2) is 6.65. The number of hydrogen-bond donors (Lipinski definition) is 2. The van der Waals surface area contributed by atoms with Gasteiger partial charge in [0.25, 0.3) is 0 Å². The maximum atomic E-state index is 9.22. The van der Waals surface area contributed by atoms with Gasteiger partial charge in [0.15, 0.2) is 0 Å². The standard InChI is InChI=1S/C9H19NO2S/c10-7-8(11)3-6-13-9-1-4-12-5-2-9/h8-9,11H,1-7,10H2. The van der Waals surface area contributed by atoms with Crippen molar-refractivity contribution < 1.29 is 9.84 Å². The summed E-state index contributed by atoms with van der Waals surface area (Å²) >= 11 is 1.95. The van der Waals surface area contributed by atoms with Crippen molar-refractivity contribution in [1.29, 1.82) is 0 Å². The topological polar surface area (TPSA) is 55.5 Å². The van der Waals surface area contributed by atoms with Crippen LogP contribution in [0.3, 0.4) is 0 Å². The van der Waals surface area contributed by atoms with Crippen molar-refractivity contribution in [2.75, 3.05) is 25.5 Å². The molecule has 1 rings (SSSR count). The summed E-state index contributed by atoms with van der Waals surface area (Å²) in [6.45, 7) is 2.18. The van der Waals surface area contributed by atoms with Crippen molar-refractivity contribution in [2.24, 2.45) is 5.73 Å². The molecule has 0 aromatic rings. The van der Waals surface area contributed by atoms with E-state index in [1.54, 1.807) is 0 Å². The van der Waals surface area contributed by atoms with Crippen molar-refractivity contribution in [3.63, 3.8) is 0 Å². The Hall–Kier alpha value is 0.230. The Labute approximate surface area is 84.0 Å². The maximum absolute atomic E-state index is 9.22. The van der Waals surface area contributed by atoms with E-state index in [0.29, 0.717) is 6.54 Å². The van der Waals surface area contributed by atoms with Gasteiger partial charge in [-0.05, 0) is 25.0 Å². The number of ether oxygens (including phenoxy) is 1. The smallest absolute Gasteiger partial charge is 0.0670 e. The fraction of sp³-hybridized carbons (Fsp3) is 1.00. The zero-order valence-corrected chi connectivity index (χ0v) is 8.76. The third kappa shape index (κ3) is 4.86. The third-order valence-corrected chi connectivity index (χ3v) is 3.66.